The second-order valence-corrected chi connectivity index (χ2v) is 21.6. The van der Waals surface area contributed by atoms with Gasteiger partial charge in [0.15, 0.2) is 6.10 Å². The third-order valence-electron chi connectivity index (χ3n) is 14.0. The van der Waals surface area contributed by atoms with Crippen LogP contribution in [-0.2, 0) is 28.6 Å². The quantitative estimate of drug-likeness (QED) is 0.0261. The minimum atomic E-state index is -0.794. The first-order valence-electron chi connectivity index (χ1n) is 33.0. The summed E-state index contributed by atoms with van der Waals surface area (Å²) in [5, 5.41) is 0. The van der Waals surface area contributed by atoms with Crippen LogP contribution in [0.5, 0.6) is 0 Å². The lowest BCUT2D eigenvalue weighted by Gasteiger charge is -2.18. The lowest BCUT2D eigenvalue weighted by Crippen LogP contribution is -2.30. The molecule has 6 nitrogen and oxygen atoms in total. The average molecular weight is 1100 g/mol. The molecule has 1 unspecified atom stereocenters. The van der Waals surface area contributed by atoms with Gasteiger partial charge in [-0.1, -0.05) is 290 Å². The van der Waals surface area contributed by atoms with Gasteiger partial charge in [0.2, 0.25) is 0 Å². The first-order valence-corrected chi connectivity index (χ1v) is 33.0. The predicted octanol–water partition coefficient (Wildman–Crippen LogP) is 22.8. The van der Waals surface area contributed by atoms with E-state index in [0.717, 1.165) is 122 Å². The van der Waals surface area contributed by atoms with Crippen LogP contribution in [0.25, 0.3) is 0 Å². The monoisotopic (exact) mass is 1090 g/mol. The van der Waals surface area contributed by atoms with Crippen molar-refractivity contribution in [1.82, 2.24) is 0 Å². The van der Waals surface area contributed by atoms with E-state index in [1.54, 1.807) is 0 Å². The van der Waals surface area contributed by atoms with Gasteiger partial charge < -0.3 is 14.2 Å². The van der Waals surface area contributed by atoms with Gasteiger partial charge >= 0.3 is 17.9 Å². The zero-order valence-electron chi connectivity index (χ0n) is 51.6. The molecule has 0 radical (unpaired) electrons. The number of rotatable bonds is 59. The van der Waals surface area contributed by atoms with Crippen molar-refractivity contribution < 1.29 is 28.6 Å². The Bertz CT molecular complexity index is 1640. The Morgan fingerprint density at radius 2 is 0.494 bits per heavy atom. The van der Waals surface area contributed by atoms with E-state index >= 15 is 0 Å². The minimum Gasteiger partial charge on any atom is -0.462 e. The molecule has 0 rings (SSSR count). The molecule has 6 heteroatoms. The molecule has 0 heterocycles. The van der Waals surface area contributed by atoms with Gasteiger partial charge in [0.25, 0.3) is 0 Å². The van der Waals surface area contributed by atoms with E-state index in [0.29, 0.717) is 19.3 Å². The Morgan fingerprint density at radius 3 is 0.797 bits per heavy atom. The van der Waals surface area contributed by atoms with Gasteiger partial charge in [-0.25, -0.2) is 0 Å². The first-order chi connectivity index (χ1) is 39.0. The number of hydrogen-bond donors (Lipinski definition) is 0. The Balaban J connectivity index is 4.34. The number of allylic oxidation sites excluding steroid dienone is 20. The molecule has 79 heavy (non-hydrogen) atoms. The third-order valence-corrected chi connectivity index (χ3v) is 14.0. The maximum absolute atomic E-state index is 12.9. The van der Waals surface area contributed by atoms with Gasteiger partial charge in [-0.15, -0.1) is 0 Å². The van der Waals surface area contributed by atoms with E-state index in [-0.39, 0.29) is 31.1 Å². The summed E-state index contributed by atoms with van der Waals surface area (Å²) < 4.78 is 16.9. The largest absolute Gasteiger partial charge is 0.462 e. The minimum absolute atomic E-state index is 0.0886. The summed E-state index contributed by atoms with van der Waals surface area (Å²) >= 11 is 0. The van der Waals surface area contributed by atoms with Crippen LogP contribution < -0.4 is 0 Å². The third kappa shape index (κ3) is 64.5. The van der Waals surface area contributed by atoms with E-state index in [2.05, 4.69) is 142 Å². The van der Waals surface area contributed by atoms with E-state index in [9.17, 15) is 14.4 Å². The van der Waals surface area contributed by atoms with Crippen molar-refractivity contribution in [3.63, 3.8) is 0 Å². The van der Waals surface area contributed by atoms with Crippen LogP contribution in [0.3, 0.4) is 0 Å². The number of hydrogen-bond acceptors (Lipinski definition) is 6. The van der Waals surface area contributed by atoms with Gasteiger partial charge in [-0.2, -0.15) is 0 Å². The van der Waals surface area contributed by atoms with Crippen molar-refractivity contribution >= 4 is 17.9 Å². The SMILES string of the molecule is CC/C=C\C/C=C\C/C=C\C/C=C\C/C=C\C/C=C\C/C=C\C/C=C\C/C=C\CCCCCC(=O)OCC(COC(=O)CCCCCCCCCCCCC)OC(=O)CCCCCCCCCCC/C=C\CCCCCCCC. The van der Waals surface area contributed by atoms with Crippen LogP contribution >= 0.6 is 0 Å². The Kier molecular flexibility index (Phi) is 62.8. The van der Waals surface area contributed by atoms with Crippen molar-refractivity contribution in [2.45, 2.75) is 309 Å². The Hall–Kier alpha value is -4.19. The molecule has 450 valence electrons. The highest BCUT2D eigenvalue weighted by Gasteiger charge is 2.19. The zero-order chi connectivity index (χ0) is 57.1. The van der Waals surface area contributed by atoms with Crippen molar-refractivity contribution in [3.8, 4) is 0 Å². The van der Waals surface area contributed by atoms with Gasteiger partial charge in [0, 0.05) is 19.3 Å². The number of carbonyl (C=O) groups is 3. The second kappa shape index (κ2) is 66.3. The number of ether oxygens (including phenoxy) is 3. The highest BCUT2D eigenvalue weighted by atomic mass is 16.6. The lowest BCUT2D eigenvalue weighted by molar-refractivity contribution is -0.167. The first kappa shape index (κ1) is 74.8. The van der Waals surface area contributed by atoms with Crippen LogP contribution in [0.2, 0.25) is 0 Å². The summed E-state index contributed by atoms with van der Waals surface area (Å²) in [7, 11) is 0. The average Bonchev–Trinajstić information content (AvgIpc) is 3.45. The van der Waals surface area contributed by atoms with E-state index in [4.69, 9.17) is 14.2 Å². The van der Waals surface area contributed by atoms with Gasteiger partial charge in [0.1, 0.15) is 13.2 Å². The van der Waals surface area contributed by atoms with Crippen molar-refractivity contribution in [1.29, 1.82) is 0 Å². The van der Waals surface area contributed by atoms with Gasteiger partial charge in [0.05, 0.1) is 0 Å². The molecule has 0 aliphatic carbocycles. The highest BCUT2D eigenvalue weighted by Crippen LogP contribution is 2.16. The fourth-order valence-corrected chi connectivity index (χ4v) is 9.02. The molecule has 0 aliphatic rings. The van der Waals surface area contributed by atoms with Gasteiger partial charge in [-0.05, 0) is 116 Å². The van der Waals surface area contributed by atoms with Gasteiger partial charge in [-0.3, -0.25) is 14.4 Å². The van der Waals surface area contributed by atoms with Crippen molar-refractivity contribution in [2.24, 2.45) is 0 Å². The Labute approximate surface area is 488 Å². The molecule has 0 bridgehead atoms. The fourth-order valence-electron chi connectivity index (χ4n) is 9.02. The molecule has 0 aromatic rings. The predicted molar refractivity (Wildman–Crippen MR) is 343 cm³/mol. The van der Waals surface area contributed by atoms with Crippen LogP contribution in [0.1, 0.15) is 303 Å². The van der Waals surface area contributed by atoms with Crippen LogP contribution in [0.4, 0.5) is 0 Å². The molecule has 0 aliphatic heterocycles. The van der Waals surface area contributed by atoms with Crippen molar-refractivity contribution in [2.75, 3.05) is 13.2 Å². The number of carbonyl (C=O) groups excluding carboxylic acids is 3. The van der Waals surface area contributed by atoms with Crippen LogP contribution in [0.15, 0.2) is 122 Å². The molecular weight excluding hydrogens is 973 g/mol. The van der Waals surface area contributed by atoms with E-state index in [1.807, 2.05) is 0 Å². The van der Waals surface area contributed by atoms with Crippen LogP contribution in [-0.4, -0.2) is 37.2 Å². The maximum atomic E-state index is 12.9. The van der Waals surface area contributed by atoms with E-state index < -0.39 is 6.10 Å². The molecule has 0 saturated carbocycles. The lowest BCUT2D eigenvalue weighted by atomic mass is 10.1. The number of esters is 3. The summed E-state index contributed by atoms with van der Waals surface area (Å²) in [4.78, 5) is 38.3. The summed E-state index contributed by atoms with van der Waals surface area (Å²) in [5.41, 5.74) is 0. The highest BCUT2D eigenvalue weighted by molar-refractivity contribution is 5.71. The van der Waals surface area contributed by atoms with Crippen molar-refractivity contribution in [3.05, 3.63) is 122 Å². The molecular formula is C73H122O6. The molecule has 0 fully saturated rings. The smallest absolute Gasteiger partial charge is 0.306 e. The fraction of sp³-hybridized carbons (Fsp3) is 0.685. The summed E-state index contributed by atoms with van der Waals surface area (Å²) in [6.07, 6.45) is 92.1. The number of unbranched alkanes of at least 4 members (excludes halogenated alkanes) is 28. The molecule has 0 saturated heterocycles. The second-order valence-electron chi connectivity index (χ2n) is 21.6. The molecule has 0 amide bonds. The van der Waals surface area contributed by atoms with E-state index in [1.165, 1.54) is 141 Å². The molecule has 0 spiro atoms. The molecule has 0 N–H and O–H groups in total. The summed E-state index contributed by atoms with van der Waals surface area (Å²) in [6.45, 7) is 6.50. The summed E-state index contributed by atoms with van der Waals surface area (Å²) in [5.74, 6) is -0.919. The topological polar surface area (TPSA) is 78.9 Å². The Morgan fingerprint density at radius 1 is 0.266 bits per heavy atom. The molecule has 0 aromatic carbocycles. The normalized spacial score (nSPS) is 12.9. The standard InChI is InChI=1S/C73H122O6/c1-4-7-10-13-16-19-22-24-26-28-30-31-32-33-34-35-36-37-38-39-40-41-43-44-46-48-51-54-57-60-63-66-72(75)78-69-70(68-77-71(74)65-62-59-56-53-50-21-18-15-12-9-6-3)79-73(76)67-64-61-58-55-52-49-47-45-42-29-27-25-23-20-17-14-11-8-5-2/h7,10,16,19,24-27,30-31,33-34,36-37,39-40,43-44,48,51,70H,4-6,8-9,11-15,17-18,20-23,28-29,32,35,38,41-42,45-47,49-50,52-69H2,1-3H3/b10-7-,19-16-,26-24-,27-25-,31-30-,34-33-,37-36-,40-39-,44-43-,51-48-. The zero-order valence-corrected chi connectivity index (χ0v) is 51.6. The maximum Gasteiger partial charge on any atom is 0.306 e. The summed E-state index contributed by atoms with van der Waals surface area (Å²) in [6, 6.07) is 0. The molecule has 1 atom stereocenters. The molecule has 0 aromatic heterocycles. The van der Waals surface area contributed by atoms with Crippen LogP contribution in [0, 0.1) is 0 Å².